The summed E-state index contributed by atoms with van der Waals surface area (Å²) in [6.07, 6.45) is 6.23. The maximum atomic E-state index is 10.5. The third kappa shape index (κ3) is 3.07. The molecule has 0 unspecified atom stereocenters. The molecule has 7 heteroatoms. The topological polar surface area (TPSA) is 67.1 Å². The van der Waals surface area contributed by atoms with E-state index in [4.69, 9.17) is 0 Å². The minimum Gasteiger partial charge on any atom is -0.386 e. The van der Waals surface area contributed by atoms with Gasteiger partial charge in [0.1, 0.15) is 11.1 Å². The van der Waals surface area contributed by atoms with Crippen molar-refractivity contribution in [3.63, 3.8) is 0 Å². The van der Waals surface area contributed by atoms with Crippen LogP contribution in [0.25, 0.3) is 0 Å². The van der Waals surface area contributed by atoms with Crippen molar-refractivity contribution in [3.05, 3.63) is 22.5 Å². The number of aliphatic hydroxyl groups excluding tert-OH is 1. The van der Waals surface area contributed by atoms with Crippen LogP contribution in [0, 0.1) is 5.92 Å². The minimum absolute atomic E-state index is 0.399. The second kappa shape index (κ2) is 6.80. The van der Waals surface area contributed by atoms with Crippen molar-refractivity contribution in [3.8, 4) is 0 Å². The van der Waals surface area contributed by atoms with Gasteiger partial charge in [-0.3, -0.25) is 4.68 Å². The van der Waals surface area contributed by atoms with Gasteiger partial charge in [-0.15, -0.1) is 10.2 Å². The van der Waals surface area contributed by atoms with E-state index >= 15 is 0 Å². The van der Waals surface area contributed by atoms with Gasteiger partial charge in [0.15, 0.2) is 0 Å². The molecule has 130 valence electrons. The van der Waals surface area contributed by atoms with Crippen molar-refractivity contribution in [2.45, 2.75) is 64.6 Å². The molecule has 3 heterocycles. The van der Waals surface area contributed by atoms with Crippen LogP contribution in [0.4, 0.5) is 5.13 Å². The Balaban J connectivity index is 1.52. The smallest absolute Gasteiger partial charge is 0.208 e. The van der Waals surface area contributed by atoms with Crippen LogP contribution in [0.5, 0.6) is 0 Å². The van der Waals surface area contributed by atoms with E-state index < -0.39 is 6.10 Å². The molecule has 0 aromatic carbocycles. The highest BCUT2D eigenvalue weighted by atomic mass is 32.1. The molecule has 0 bridgehead atoms. The van der Waals surface area contributed by atoms with Gasteiger partial charge in [-0.2, -0.15) is 5.10 Å². The Morgan fingerprint density at radius 3 is 2.92 bits per heavy atom. The van der Waals surface area contributed by atoms with Crippen LogP contribution < -0.4 is 4.90 Å². The fraction of sp³-hybridized carbons (Fsp3) is 0.706. The van der Waals surface area contributed by atoms with Crippen LogP contribution in [0.2, 0.25) is 0 Å². The summed E-state index contributed by atoms with van der Waals surface area (Å²) in [6, 6.07) is 2.09. The van der Waals surface area contributed by atoms with Crippen molar-refractivity contribution in [1.29, 1.82) is 0 Å². The van der Waals surface area contributed by atoms with Gasteiger partial charge < -0.3 is 10.0 Å². The van der Waals surface area contributed by atoms with Crippen LogP contribution in [0.15, 0.2) is 6.07 Å². The first-order valence-corrected chi connectivity index (χ1v) is 9.88. The van der Waals surface area contributed by atoms with Crippen molar-refractivity contribution in [2.75, 3.05) is 11.4 Å². The number of aliphatic hydroxyl groups is 1. The molecule has 6 nitrogen and oxygen atoms in total. The van der Waals surface area contributed by atoms with Crippen molar-refractivity contribution in [1.82, 2.24) is 20.0 Å². The molecule has 0 spiro atoms. The lowest BCUT2D eigenvalue weighted by atomic mass is 9.80. The first kappa shape index (κ1) is 16.0. The molecule has 1 N–H and O–H groups in total. The zero-order chi connectivity index (χ0) is 16.5. The third-order valence-corrected chi connectivity index (χ3v) is 6.17. The standard InChI is InChI=1S/C17H25N5OS/c1-2-5-15-18-19-17(24-15)21-8-4-9-22-13(11-21)10-14(20-22)16(23)12-6-3-7-12/h10,12,16,23H,2-9,11H2,1H3/t16-/m0/s1. The molecule has 4 rings (SSSR count). The Morgan fingerprint density at radius 1 is 1.29 bits per heavy atom. The van der Waals surface area contributed by atoms with Gasteiger partial charge in [0, 0.05) is 19.5 Å². The summed E-state index contributed by atoms with van der Waals surface area (Å²) in [4.78, 5) is 2.30. The highest BCUT2D eigenvalue weighted by Gasteiger charge is 2.30. The molecular formula is C17H25N5OS. The maximum Gasteiger partial charge on any atom is 0.208 e. The lowest BCUT2D eigenvalue weighted by Gasteiger charge is -2.29. The second-order valence-corrected chi connectivity index (χ2v) is 7.96. The largest absolute Gasteiger partial charge is 0.386 e. The number of hydrogen-bond acceptors (Lipinski definition) is 6. The molecule has 2 aromatic heterocycles. The number of anilines is 1. The summed E-state index contributed by atoms with van der Waals surface area (Å²) in [5.74, 6) is 0.403. The summed E-state index contributed by atoms with van der Waals surface area (Å²) in [6.45, 7) is 4.85. The van der Waals surface area contributed by atoms with E-state index in [-0.39, 0.29) is 0 Å². The van der Waals surface area contributed by atoms with Gasteiger partial charge in [-0.25, -0.2) is 0 Å². The Kier molecular flexibility index (Phi) is 4.54. The highest BCUT2D eigenvalue weighted by molar-refractivity contribution is 7.15. The first-order valence-electron chi connectivity index (χ1n) is 9.06. The van der Waals surface area contributed by atoms with Crippen LogP contribution in [0.3, 0.4) is 0 Å². The maximum absolute atomic E-state index is 10.5. The van der Waals surface area contributed by atoms with Gasteiger partial charge >= 0.3 is 0 Å². The summed E-state index contributed by atoms with van der Waals surface area (Å²) < 4.78 is 2.07. The average molecular weight is 347 g/mol. The summed E-state index contributed by atoms with van der Waals surface area (Å²) in [7, 11) is 0. The van der Waals surface area contributed by atoms with Crippen LogP contribution in [-0.4, -0.2) is 31.6 Å². The summed E-state index contributed by atoms with van der Waals surface area (Å²) in [5, 5.41) is 26.0. The molecule has 1 aliphatic carbocycles. The quantitative estimate of drug-likeness (QED) is 0.901. The number of aromatic nitrogens is 4. The fourth-order valence-corrected chi connectivity index (χ4v) is 4.44. The van der Waals surface area contributed by atoms with E-state index in [0.717, 1.165) is 67.6 Å². The zero-order valence-electron chi connectivity index (χ0n) is 14.2. The van der Waals surface area contributed by atoms with Crippen molar-refractivity contribution < 1.29 is 5.11 Å². The molecule has 24 heavy (non-hydrogen) atoms. The number of fused-ring (bicyclic) bond motifs is 1. The van der Waals surface area contributed by atoms with Gasteiger partial charge in [0.25, 0.3) is 0 Å². The Bertz CT molecular complexity index is 693. The molecular weight excluding hydrogens is 322 g/mol. The van der Waals surface area contributed by atoms with Gasteiger partial charge in [0.2, 0.25) is 5.13 Å². The second-order valence-electron chi connectivity index (χ2n) is 6.92. The number of nitrogens with zero attached hydrogens (tertiary/aromatic N) is 5. The van der Waals surface area contributed by atoms with Gasteiger partial charge in [0.05, 0.1) is 17.9 Å². The van der Waals surface area contributed by atoms with E-state index in [2.05, 4.69) is 37.9 Å². The van der Waals surface area contributed by atoms with Crippen LogP contribution in [-0.2, 0) is 19.5 Å². The first-order chi connectivity index (χ1) is 11.7. The SMILES string of the molecule is CCCc1nnc(N2CCCn3nc([C@@H](O)C4CCC4)cc3C2)s1. The molecule has 2 aromatic rings. The zero-order valence-corrected chi connectivity index (χ0v) is 15.0. The molecule has 1 aliphatic heterocycles. The Labute approximate surface area is 146 Å². The highest BCUT2D eigenvalue weighted by Crippen LogP contribution is 2.37. The minimum atomic E-state index is -0.399. The van der Waals surface area contributed by atoms with Crippen LogP contribution >= 0.6 is 11.3 Å². The predicted molar refractivity (Wildman–Crippen MR) is 94.1 cm³/mol. The molecule has 0 saturated heterocycles. The monoisotopic (exact) mass is 347 g/mol. The van der Waals surface area contributed by atoms with Crippen molar-refractivity contribution >= 4 is 16.5 Å². The molecule has 1 saturated carbocycles. The predicted octanol–water partition coefficient (Wildman–Crippen LogP) is 2.93. The Hall–Kier alpha value is -1.47. The molecule has 1 fully saturated rings. The lowest BCUT2D eigenvalue weighted by Crippen LogP contribution is -2.22. The molecule has 0 radical (unpaired) electrons. The van der Waals surface area contributed by atoms with Gasteiger partial charge in [-0.05, 0) is 37.7 Å². The Morgan fingerprint density at radius 2 is 2.17 bits per heavy atom. The number of rotatable bonds is 5. The average Bonchev–Trinajstić information content (AvgIpc) is 3.08. The molecule has 0 amide bonds. The number of hydrogen-bond donors (Lipinski definition) is 1. The van der Waals surface area contributed by atoms with E-state index in [1.807, 2.05) is 0 Å². The van der Waals surface area contributed by atoms with Gasteiger partial charge in [-0.1, -0.05) is 24.7 Å². The van der Waals surface area contributed by atoms with E-state index in [9.17, 15) is 5.11 Å². The van der Waals surface area contributed by atoms with E-state index in [1.54, 1.807) is 11.3 Å². The number of aryl methyl sites for hydroxylation is 2. The third-order valence-electron chi connectivity index (χ3n) is 5.12. The molecule has 1 atom stereocenters. The fourth-order valence-electron chi connectivity index (χ4n) is 3.48. The normalized spacial score (nSPS) is 19.7. The van der Waals surface area contributed by atoms with Crippen molar-refractivity contribution in [2.24, 2.45) is 5.92 Å². The summed E-state index contributed by atoms with van der Waals surface area (Å²) in [5.41, 5.74) is 2.02. The van der Waals surface area contributed by atoms with E-state index in [0.29, 0.717) is 5.92 Å². The molecule has 2 aliphatic rings. The lowest BCUT2D eigenvalue weighted by molar-refractivity contribution is 0.0581. The van der Waals surface area contributed by atoms with Crippen LogP contribution in [0.1, 0.15) is 61.5 Å². The summed E-state index contributed by atoms with van der Waals surface area (Å²) >= 11 is 1.70. The van der Waals surface area contributed by atoms with E-state index in [1.165, 1.54) is 12.1 Å².